The van der Waals surface area contributed by atoms with Gasteiger partial charge in [0.25, 0.3) is 0 Å². The molecule has 82 valence electrons. The third-order valence-corrected chi connectivity index (χ3v) is 2.28. The van der Waals surface area contributed by atoms with Crippen LogP contribution in [-0.2, 0) is 9.53 Å². The number of esters is 1. The van der Waals surface area contributed by atoms with E-state index in [-0.39, 0.29) is 13.2 Å². The van der Waals surface area contributed by atoms with Gasteiger partial charge in [-0.25, -0.2) is 4.79 Å². The van der Waals surface area contributed by atoms with Gasteiger partial charge in [-0.2, -0.15) is 0 Å². The summed E-state index contributed by atoms with van der Waals surface area (Å²) in [5.41, 5.74) is -0.689. The van der Waals surface area contributed by atoms with Crippen LogP contribution in [0.2, 0.25) is 0 Å². The fraction of sp³-hybridized carbons (Fsp3) is 0.700. The molecule has 0 saturated carbocycles. The van der Waals surface area contributed by atoms with Crippen molar-refractivity contribution in [1.29, 1.82) is 0 Å². The second-order valence-electron chi connectivity index (χ2n) is 3.21. The van der Waals surface area contributed by atoms with Gasteiger partial charge in [-0.15, -0.1) is 0 Å². The van der Waals surface area contributed by atoms with E-state index < -0.39 is 11.6 Å². The Balaban J connectivity index is 4.53. The molecule has 0 saturated heterocycles. The highest BCUT2D eigenvalue weighted by molar-refractivity contribution is 5.87. The zero-order chi connectivity index (χ0) is 11.2. The van der Waals surface area contributed by atoms with Gasteiger partial charge in [-0.3, -0.25) is 0 Å². The van der Waals surface area contributed by atoms with E-state index in [1.54, 1.807) is 26.8 Å². The normalized spacial score (nSPS) is 12.8. The minimum Gasteiger partial charge on any atom is -0.451 e. The van der Waals surface area contributed by atoms with Crippen LogP contribution in [0.4, 0.5) is 0 Å². The second-order valence-corrected chi connectivity index (χ2v) is 3.21. The maximum absolute atomic E-state index is 11.4. The van der Waals surface area contributed by atoms with Crippen LogP contribution < -0.4 is 0 Å². The molecule has 0 heterocycles. The molecular weight excluding hydrogens is 184 g/mol. The summed E-state index contributed by atoms with van der Waals surface area (Å²) < 4.78 is 5.03. The highest BCUT2D eigenvalue weighted by atomic mass is 16.6. The van der Waals surface area contributed by atoms with Crippen molar-refractivity contribution in [2.24, 2.45) is 0 Å². The van der Waals surface area contributed by atoms with Crippen LogP contribution in [0, 0.1) is 0 Å². The van der Waals surface area contributed by atoms with Gasteiger partial charge in [0, 0.05) is 5.57 Å². The molecule has 0 aliphatic rings. The zero-order valence-corrected chi connectivity index (χ0v) is 8.91. The lowest BCUT2D eigenvalue weighted by atomic mass is 10.0. The van der Waals surface area contributed by atoms with Crippen molar-refractivity contribution in [3.63, 3.8) is 0 Å². The summed E-state index contributed by atoms with van der Waals surface area (Å²) >= 11 is 0. The van der Waals surface area contributed by atoms with Crippen molar-refractivity contribution in [1.82, 2.24) is 0 Å². The van der Waals surface area contributed by atoms with E-state index in [0.29, 0.717) is 12.0 Å². The van der Waals surface area contributed by atoms with Crippen LogP contribution in [0.5, 0.6) is 0 Å². The molecule has 0 bridgehead atoms. The number of carbonyl (C=O) groups is 1. The first kappa shape index (κ1) is 13.1. The van der Waals surface area contributed by atoms with Gasteiger partial charge in [0.05, 0.1) is 13.2 Å². The summed E-state index contributed by atoms with van der Waals surface area (Å²) in [6.07, 6.45) is 2.00. The third kappa shape index (κ3) is 3.12. The number of ether oxygens (including phenoxy) is 1. The molecular formula is C10H18O4. The summed E-state index contributed by atoms with van der Waals surface area (Å²) in [5, 5.41) is 18.0. The lowest BCUT2D eigenvalue weighted by molar-refractivity contribution is -0.165. The topological polar surface area (TPSA) is 66.8 Å². The fourth-order valence-corrected chi connectivity index (χ4v) is 0.805. The summed E-state index contributed by atoms with van der Waals surface area (Å²) in [6.45, 7) is 4.34. The third-order valence-electron chi connectivity index (χ3n) is 2.28. The minimum absolute atomic E-state index is 0.372. The van der Waals surface area contributed by atoms with Gasteiger partial charge in [-0.1, -0.05) is 13.0 Å². The van der Waals surface area contributed by atoms with Crippen LogP contribution in [0.3, 0.4) is 0 Å². The number of hydrogen-bond acceptors (Lipinski definition) is 4. The smallest absolute Gasteiger partial charge is 0.334 e. The Morgan fingerprint density at radius 1 is 1.43 bits per heavy atom. The van der Waals surface area contributed by atoms with Crippen molar-refractivity contribution in [2.45, 2.75) is 32.8 Å². The summed E-state index contributed by atoms with van der Waals surface area (Å²) in [4.78, 5) is 11.4. The molecule has 0 aromatic rings. The van der Waals surface area contributed by atoms with Crippen LogP contribution in [0.25, 0.3) is 0 Å². The number of hydrogen-bond donors (Lipinski definition) is 2. The van der Waals surface area contributed by atoms with Gasteiger partial charge in [0.15, 0.2) is 5.60 Å². The van der Waals surface area contributed by atoms with E-state index in [2.05, 4.69) is 0 Å². The predicted molar refractivity (Wildman–Crippen MR) is 52.7 cm³/mol. The lowest BCUT2D eigenvalue weighted by Crippen LogP contribution is -2.42. The molecule has 0 fully saturated rings. The standard InChI is InChI=1S/C10H18O4/c1-4-8(3)9(13)14-10(5-2,6-11)7-12/h4,11-12H,5-7H2,1-3H3. The van der Waals surface area contributed by atoms with Gasteiger partial charge in [0.1, 0.15) is 0 Å². The maximum atomic E-state index is 11.4. The molecule has 0 rings (SSSR count). The average Bonchev–Trinajstić information content (AvgIpc) is 2.24. The van der Waals surface area contributed by atoms with Crippen LogP contribution in [-0.4, -0.2) is 35.0 Å². The Bertz CT molecular complexity index is 208. The molecule has 0 aliphatic heterocycles. The van der Waals surface area contributed by atoms with Crippen LogP contribution in [0.1, 0.15) is 27.2 Å². The Labute approximate surface area is 84.2 Å². The zero-order valence-electron chi connectivity index (χ0n) is 8.91. The van der Waals surface area contributed by atoms with Crippen LogP contribution >= 0.6 is 0 Å². The molecule has 0 aromatic heterocycles. The first-order chi connectivity index (χ1) is 6.55. The largest absolute Gasteiger partial charge is 0.451 e. The molecule has 14 heavy (non-hydrogen) atoms. The number of aliphatic hydroxyl groups is 2. The monoisotopic (exact) mass is 202 g/mol. The quantitative estimate of drug-likeness (QED) is 0.507. The highest BCUT2D eigenvalue weighted by Gasteiger charge is 2.31. The highest BCUT2D eigenvalue weighted by Crippen LogP contribution is 2.16. The molecule has 0 unspecified atom stereocenters. The molecule has 0 aromatic carbocycles. The van der Waals surface area contributed by atoms with Gasteiger partial charge < -0.3 is 14.9 Å². The van der Waals surface area contributed by atoms with E-state index in [1.807, 2.05) is 0 Å². The van der Waals surface area contributed by atoms with Crippen molar-refractivity contribution in [2.75, 3.05) is 13.2 Å². The van der Waals surface area contributed by atoms with Crippen molar-refractivity contribution >= 4 is 5.97 Å². The van der Waals surface area contributed by atoms with E-state index in [1.165, 1.54) is 0 Å². The molecule has 0 aliphatic carbocycles. The SMILES string of the molecule is CC=C(C)C(=O)OC(CC)(CO)CO. The minimum atomic E-state index is -1.15. The van der Waals surface area contributed by atoms with Crippen molar-refractivity contribution < 1.29 is 19.7 Å². The second kappa shape index (κ2) is 5.78. The fourth-order valence-electron chi connectivity index (χ4n) is 0.805. The Morgan fingerprint density at radius 3 is 2.21 bits per heavy atom. The molecule has 4 nitrogen and oxygen atoms in total. The number of rotatable bonds is 5. The van der Waals surface area contributed by atoms with E-state index in [4.69, 9.17) is 14.9 Å². The molecule has 0 spiro atoms. The first-order valence-corrected chi connectivity index (χ1v) is 4.63. The van der Waals surface area contributed by atoms with Crippen molar-refractivity contribution in [3.05, 3.63) is 11.6 Å². The molecule has 0 radical (unpaired) electrons. The van der Waals surface area contributed by atoms with Crippen molar-refractivity contribution in [3.8, 4) is 0 Å². The predicted octanol–water partition coefficient (Wildman–Crippen LogP) is 0.629. The van der Waals surface area contributed by atoms with Gasteiger partial charge >= 0.3 is 5.97 Å². The number of allylic oxidation sites excluding steroid dienone is 1. The summed E-state index contributed by atoms with van der Waals surface area (Å²) in [6, 6.07) is 0. The molecule has 0 amide bonds. The van der Waals surface area contributed by atoms with Crippen LogP contribution in [0.15, 0.2) is 11.6 Å². The van der Waals surface area contributed by atoms with Gasteiger partial charge in [0.2, 0.25) is 0 Å². The number of carbonyl (C=O) groups excluding carboxylic acids is 1. The summed E-state index contributed by atoms with van der Waals surface area (Å²) in [5.74, 6) is -0.502. The Kier molecular flexibility index (Phi) is 5.42. The first-order valence-electron chi connectivity index (χ1n) is 4.63. The average molecular weight is 202 g/mol. The van der Waals surface area contributed by atoms with E-state index in [0.717, 1.165) is 0 Å². The lowest BCUT2D eigenvalue weighted by Gasteiger charge is -2.28. The number of aliphatic hydroxyl groups excluding tert-OH is 2. The Morgan fingerprint density at radius 2 is 1.93 bits per heavy atom. The maximum Gasteiger partial charge on any atom is 0.334 e. The molecule has 0 atom stereocenters. The summed E-state index contributed by atoms with van der Waals surface area (Å²) in [7, 11) is 0. The van der Waals surface area contributed by atoms with Gasteiger partial charge in [-0.05, 0) is 20.3 Å². The Hall–Kier alpha value is -0.870. The molecule has 2 N–H and O–H groups in total. The van der Waals surface area contributed by atoms with E-state index >= 15 is 0 Å². The molecule has 4 heteroatoms. The van der Waals surface area contributed by atoms with E-state index in [9.17, 15) is 4.79 Å².